The van der Waals surface area contributed by atoms with Gasteiger partial charge < -0.3 is 10.6 Å². The number of nitrogens with zero attached hydrogens (tertiary/aromatic N) is 1. The van der Waals surface area contributed by atoms with Gasteiger partial charge in [-0.05, 0) is 31.5 Å². The second-order valence-electron chi connectivity index (χ2n) is 6.25. The second kappa shape index (κ2) is 8.26. The number of aryl methyl sites for hydroxylation is 2. The van der Waals surface area contributed by atoms with Gasteiger partial charge in [0.25, 0.3) is 5.91 Å². The lowest BCUT2D eigenvalue weighted by molar-refractivity contribution is -0.115. The van der Waals surface area contributed by atoms with Gasteiger partial charge in [-0.25, -0.2) is 13.8 Å². The Balaban J connectivity index is 1.59. The lowest BCUT2D eigenvalue weighted by atomic mass is 10.0. The number of anilines is 1. The molecule has 2 aromatic carbocycles. The van der Waals surface area contributed by atoms with Gasteiger partial charge in [-0.3, -0.25) is 9.59 Å². The molecule has 0 saturated carbocycles. The summed E-state index contributed by atoms with van der Waals surface area (Å²) >= 11 is 1.27. The molecule has 0 unspecified atom stereocenters. The number of hydrogen-bond acceptors (Lipinski definition) is 4. The third-order valence-electron chi connectivity index (χ3n) is 3.94. The Morgan fingerprint density at radius 3 is 2.46 bits per heavy atom. The van der Waals surface area contributed by atoms with Gasteiger partial charge in [-0.1, -0.05) is 23.8 Å². The van der Waals surface area contributed by atoms with Gasteiger partial charge in [-0.15, -0.1) is 11.3 Å². The van der Waals surface area contributed by atoms with Crippen LogP contribution in [0.4, 0.5) is 13.9 Å². The normalized spacial score (nSPS) is 10.6. The molecular formula is C20H17F2N3O2S. The highest BCUT2D eigenvalue weighted by atomic mass is 32.1. The minimum atomic E-state index is -0.865. The zero-order chi connectivity index (χ0) is 20.3. The van der Waals surface area contributed by atoms with Crippen LogP contribution < -0.4 is 10.6 Å². The molecule has 0 saturated heterocycles. The van der Waals surface area contributed by atoms with E-state index in [1.165, 1.54) is 11.3 Å². The van der Waals surface area contributed by atoms with Gasteiger partial charge in [0.15, 0.2) is 5.13 Å². The first kappa shape index (κ1) is 19.6. The van der Waals surface area contributed by atoms with E-state index in [-0.39, 0.29) is 12.1 Å². The number of benzene rings is 2. The van der Waals surface area contributed by atoms with Crippen molar-refractivity contribution in [3.8, 4) is 11.3 Å². The molecule has 2 N–H and O–H groups in total. The summed E-state index contributed by atoms with van der Waals surface area (Å²) in [6, 6.07) is 8.48. The molecule has 0 radical (unpaired) electrons. The number of amides is 2. The fourth-order valence-electron chi connectivity index (χ4n) is 2.67. The number of carbonyl (C=O) groups is 2. The molecule has 0 spiro atoms. The lowest BCUT2D eigenvalue weighted by Crippen LogP contribution is -2.32. The Labute approximate surface area is 164 Å². The molecule has 8 heteroatoms. The highest BCUT2D eigenvalue weighted by Gasteiger charge is 2.13. The number of carbonyl (C=O) groups excluding carboxylic acids is 2. The molecule has 0 aliphatic rings. The van der Waals surface area contributed by atoms with Crippen molar-refractivity contribution in [2.45, 2.75) is 13.8 Å². The van der Waals surface area contributed by atoms with Crippen molar-refractivity contribution in [2.24, 2.45) is 0 Å². The summed E-state index contributed by atoms with van der Waals surface area (Å²) in [7, 11) is 0. The van der Waals surface area contributed by atoms with Crippen molar-refractivity contribution in [1.82, 2.24) is 10.3 Å². The summed E-state index contributed by atoms with van der Waals surface area (Å²) in [5.41, 5.74) is 3.76. The Hall–Kier alpha value is -3.13. The molecule has 0 aliphatic carbocycles. The molecule has 1 aromatic heterocycles. The number of halogens is 2. The molecule has 144 valence electrons. The van der Waals surface area contributed by atoms with E-state index in [4.69, 9.17) is 0 Å². The van der Waals surface area contributed by atoms with E-state index in [1.807, 2.05) is 31.4 Å². The maximum Gasteiger partial charge on any atom is 0.251 e. The van der Waals surface area contributed by atoms with Gasteiger partial charge >= 0.3 is 0 Å². The first-order valence-electron chi connectivity index (χ1n) is 8.39. The Morgan fingerprint density at radius 2 is 1.79 bits per heavy atom. The van der Waals surface area contributed by atoms with Gasteiger partial charge in [0.2, 0.25) is 5.91 Å². The highest BCUT2D eigenvalue weighted by molar-refractivity contribution is 7.14. The highest BCUT2D eigenvalue weighted by Crippen LogP contribution is 2.27. The molecule has 0 aliphatic heterocycles. The monoisotopic (exact) mass is 401 g/mol. The summed E-state index contributed by atoms with van der Waals surface area (Å²) in [4.78, 5) is 28.3. The standard InChI is InChI=1S/C20H17F2N3O2S/c1-11-3-4-16(12(2)5-11)17-10-28-20(24-17)25-18(26)9-23-19(27)13-6-14(21)8-15(22)7-13/h3-8,10H,9H2,1-2H3,(H,23,27)(H,24,25,26). The van der Waals surface area contributed by atoms with Crippen molar-refractivity contribution in [3.05, 3.63) is 70.1 Å². The number of thiazole rings is 1. The largest absolute Gasteiger partial charge is 0.343 e. The minimum absolute atomic E-state index is 0.198. The van der Waals surface area contributed by atoms with E-state index in [9.17, 15) is 18.4 Å². The Kier molecular flexibility index (Phi) is 5.79. The first-order valence-corrected chi connectivity index (χ1v) is 9.27. The molecule has 1 heterocycles. The van der Waals surface area contributed by atoms with Gasteiger partial charge in [0.05, 0.1) is 12.2 Å². The van der Waals surface area contributed by atoms with Crippen LogP contribution in [0.15, 0.2) is 41.8 Å². The van der Waals surface area contributed by atoms with Gasteiger partial charge in [0, 0.05) is 22.6 Å². The van der Waals surface area contributed by atoms with Crippen molar-refractivity contribution in [2.75, 3.05) is 11.9 Å². The van der Waals surface area contributed by atoms with Crippen LogP contribution in [-0.4, -0.2) is 23.3 Å². The third-order valence-corrected chi connectivity index (χ3v) is 4.70. The number of nitrogens with one attached hydrogen (secondary N) is 2. The number of hydrogen-bond donors (Lipinski definition) is 2. The van der Waals surface area contributed by atoms with E-state index >= 15 is 0 Å². The maximum absolute atomic E-state index is 13.2. The van der Waals surface area contributed by atoms with Crippen molar-refractivity contribution in [1.29, 1.82) is 0 Å². The summed E-state index contributed by atoms with van der Waals surface area (Å²) in [5, 5.41) is 7.15. The molecule has 28 heavy (non-hydrogen) atoms. The third kappa shape index (κ3) is 4.77. The van der Waals surface area contributed by atoms with Crippen LogP contribution in [-0.2, 0) is 4.79 Å². The molecule has 2 amide bonds. The fourth-order valence-corrected chi connectivity index (χ4v) is 3.39. The second-order valence-corrected chi connectivity index (χ2v) is 7.10. The van der Waals surface area contributed by atoms with E-state index in [1.54, 1.807) is 0 Å². The quantitative estimate of drug-likeness (QED) is 0.677. The fraction of sp³-hybridized carbons (Fsp3) is 0.150. The molecule has 0 atom stereocenters. The number of aromatic nitrogens is 1. The van der Waals surface area contributed by atoms with Gasteiger partial charge in [-0.2, -0.15) is 0 Å². The van der Waals surface area contributed by atoms with E-state index in [2.05, 4.69) is 21.7 Å². The average Bonchev–Trinajstić information content (AvgIpc) is 3.06. The summed E-state index contributed by atoms with van der Waals surface area (Å²) in [6.45, 7) is 3.65. The Morgan fingerprint density at radius 1 is 1.07 bits per heavy atom. The topological polar surface area (TPSA) is 71.1 Å². The van der Waals surface area contributed by atoms with Crippen LogP contribution in [0.3, 0.4) is 0 Å². The summed E-state index contributed by atoms with van der Waals surface area (Å²) < 4.78 is 26.3. The van der Waals surface area contributed by atoms with Gasteiger partial charge in [0.1, 0.15) is 11.6 Å². The molecule has 3 rings (SSSR count). The predicted octanol–water partition coefficient (Wildman–Crippen LogP) is 4.07. The average molecular weight is 401 g/mol. The molecule has 5 nitrogen and oxygen atoms in total. The minimum Gasteiger partial charge on any atom is -0.343 e. The number of rotatable bonds is 5. The summed E-state index contributed by atoms with van der Waals surface area (Å²) in [5.74, 6) is -2.97. The van der Waals surface area contributed by atoms with Crippen LogP contribution in [0.5, 0.6) is 0 Å². The molecule has 0 bridgehead atoms. The van der Waals surface area contributed by atoms with Crippen molar-refractivity contribution < 1.29 is 18.4 Å². The van der Waals surface area contributed by atoms with E-state index in [0.717, 1.165) is 34.5 Å². The Bertz CT molecular complexity index is 1030. The SMILES string of the molecule is Cc1ccc(-c2csc(NC(=O)CNC(=O)c3cc(F)cc(F)c3)n2)c(C)c1. The summed E-state index contributed by atoms with van der Waals surface area (Å²) in [6.07, 6.45) is 0. The van der Waals surface area contributed by atoms with Crippen LogP contribution in [0, 0.1) is 25.5 Å². The van der Waals surface area contributed by atoms with E-state index in [0.29, 0.717) is 11.2 Å². The predicted molar refractivity (Wildman–Crippen MR) is 104 cm³/mol. The first-order chi connectivity index (χ1) is 13.3. The maximum atomic E-state index is 13.2. The molecule has 0 fully saturated rings. The van der Waals surface area contributed by atoms with Crippen LogP contribution >= 0.6 is 11.3 Å². The zero-order valence-corrected chi connectivity index (χ0v) is 16.0. The lowest BCUT2D eigenvalue weighted by Gasteiger charge is -2.06. The molecular weight excluding hydrogens is 384 g/mol. The molecule has 3 aromatic rings. The van der Waals surface area contributed by atoms with Crippen LogP contribution in [0.1, 0.15) is 21.5 Å². The zero-order valence-electron chi connectivity index (χ0n) is 15.2. The van der Waals surface area contributed by atoms with Crippen LogP contribution in [0.2, 0.25) is 0 Å². The van der Waals surface area contributed by atoms with E-state index < -0.39 is 23.4 Å². The van der Waals surface area contributed by atoms with Crippen LogP contribution in [0.25, 0.3) is 11.3 Å². The smallest absolute Gasteiger partial charge is 0.251 e. The van der Waals surface area contributed by atoms with Crippen molar-refractivity contribution >= 4 is 28.3 Å². The van der Waals surface area contributed by atoms with Crippen molar-refractivity contribution in [3.63, 3.8) is 0 Å².